The van der Waals surface area contributed by atoms with E-state index in [0.29, 0.717) is 22.6 Å². The summed E-state index contributed by atoms with van der Waals surface area (Å²) in [5, 5.41) is 3.26. The van der Waals surface area contributed by atoms with Gasteiger partial charge in [0.05, 0.1) is 6.17 Å². The molecule has 1 fully saturated rings. The van der Waals surface area contributed by atoms with Crippen LogP contribution in [-0.4, -0.2) is 37.8 Å². The Labute approximate surface area is 158 Å². The van der Waals surface area contributed by atoms with Crippen molar-refractivity contribution < 1.29 is 9.53 Å². The molecular weight excluding hydrogens is 350 g/mol. The molecule has 2 heterocycles. The third-order valence-corrected chi connectivity index (χ3v) is 5.82. The minimum atomic E-state index is -0.531. The second kappa shape index (κ2) is 6.18. The minimum absolute atomic E-state index is 0.112. The Morgan fingerprint density at radius 3 is 2.85 bits per heavy atom. The molecule has 0 aliphatic carbocycles. The lowest BCUT2D eigenvalue weighted by Crippen LogP contribution is -2.45. The molecule has 26 heavy (non-hydrogen) atoms. The van der Waals surface area contributed by atoms with Gasteiger partial charge in [0, 0.05) is 41.5 Å². The zero-order valence-electron chi connectivity index (χ0n) is 15.1. The van der Waals surface area contributed by atoms with Crippen LogP contribution in [0.2, 0.25) is 5.02 Å². The van der Waals surface area contributed by atoms with Gasteiger partial charge in [0.25, 0.3) is 0 Å². The van der Waals surface area contributed by atoms with Gasteiger partial charge >= 0.3 is 6.09 Å². The number of likely N-dealkylation sites (tertiary alicyclic amines) is 1. The number of rotatable bonds is 2. The fourth-order valence-electron chi connectivity index (χ4n) is 4.44. The summed E-state index contributed by atoms with van der Waals surface area (Å²) in [5.74, 6) is 0.529. The van der Waals surface area contributed by atoms with Gasteiger partial charge in [-0.2, -0.15) is 0 Å². The van der Waals surface area contributed by atoms with Crippen LogP contribution in [-0.2, 0) is 5.41 Å². The second-order valence-corrected chi connectivity index (χ2v) is 7.77. The molecule has 5 nitrogen and oxygen atoms in total. The van der Waals surface area contributed by atoms with Crippen molar-refractivity contribution in [2.45, 2.75) is 24.9 Å². The Morgan fingerprint density at radius 1 is 1.27 bits per heavy atom. The first-order chi connectivity index (χ1) is 12.4. The number of amides is 1. The molecule has 2 unspecified atom stereocenters. The molecule has 0 spiro atoms. The Hall–Kier alpha value is -2.24. The highest BCUT2D eigenvalue weighted by atomic mass is 35.5. The highest BCUT2D eigenvalue weighted by Gasteiger charge is 2.52. The van der Waals surface area contributed by atoms with Crippen LogP contribution < -0.4 is 15.0 Å². The van der Waals surface area contributed by atoms with E-state index >= 15 is 0 Å². The standard InChI is InChI=1S/C20H22ClN3O2/c1-20-9-10-23(2)18(20)24(3)17-12-15(7-8-16(17)20)26-19(25)22-14-6-4-5-13(21)11-14/h4-8,11-12,18H,9-10H2,1-3H3,(H,22,25). The van der Waals surface area contributed by atoms with Crippen LogP contribution in [0.1, 0.15) is 18.9 Å². The third kappa shape index (κ3) is 2.72. The summed E-state index contributed by atoms with van der Waals surface area (Å²) in [6, 6.07) is 12.9. The van der Waals surface area contributed by atoms with Crippen molar-refractivity contribution in [3.63, 3.8) is 0 Å². The van der Waals surface area contributed by atoms with E-state index in [1.807, 2.05) is 12.1 Å². The van der Waals surface area contributed by atoms with Crippen molar-refractivity contribution in [3.8, 4) is 5.75 Å². The van der Waals surface area contributed by atoms with Gasteiger partial charge in [-0.1, -0.05) is 30.7 Å². The van der Waals surface area contributed by atoms with Crippen LogP contribution in [0.15, 0.2) is 42.5 Å². The van der Waals surface area contributed by atoms with E-state index in [0.717, 1.165) is 18.7 Å². The first-order valence-corrected chi connectivity index (χ1v) is 9.08. The molecule has 6 heteroatoms. The van der Waals surface area contributed by atoms with Crippen molar-refractivity contribution in [2.75, 3.05) is 30.9 Å². The van der Waals surface area contributed by atoms with Gasteiger partial charge in [0.15, 0.2) is 0 Å². The van der Waals surface area contributed by atoms with Crippen molar-refractivity contribution in [1.82, 2.24) is 4.90 Å². The van der Waals surface area contributed by atoms with Gasteiger partial charge in [-0.15, -0.1) is 0 Å². The Kier molecular flexibility index (Phi) is 4.09. The molecular formula is C20H22ClN3O2. The number of likely N-dealkylation sites (N-methyl/N-ethyl adjacent to an activating group) is 2. The van der Waals surface area contributed by atoms with Crippen molar-refractivity contribution in [1.29, 1.82) is 0 Å². The molecule has 1 saturated heterocycles. The van der Waals surface area contributed by atoms with E-state index in [-0.39, 0.29) is 5.41 Å². The third-order valence-electron chi connectivity index (χ3n) is 5.58. The van der Waals surface area contributed by atoms with E-state index in [2.05, 4.69) is 42.2 Å². The lowest BCUT2D eigenvalue weighted by molar-refractivity contribution is 0.215. The quantitative estimate of drug-likeness (QED) is 0.853. The maximum Gasteiger partial charge on any atom is 0.417 e. The van der Waals surface area contributed by atoms with Crippen LogP contribution in [0.3, 0.4) is 0 Å². The molecule has 136 valence electrons. The zero-order valence-corrected chi connectivity index (χ0v) is 15.9. The topological polar surface area (TPSA) is 44.8 Å². The Balaban J connectivity index is 1.54. The number of hydrogen-bond donors (Lipinski definition) is 1. The van der Waals surface area contributed by atoms with Crippen LogP contribution in [0.4, 0.5) is 16.2 Å². The van der Waals surface area contributed by atoms with Crippen LogP contribution >= 0.6 is 11.6 Å². The van der Waals surface area contributed by atoms with Crippen LogP contribution in [0.25, 0.3) is 0 Å². The average Bonchev–Trinajstić information content (AvgIpc) is 3.00. The fraction of sp³-hybridized carbons (Fsp3) is 0.350. The lowest BCUT2D eigenvalue weighted by Gasteiger charge is -2.32. The summed E-state index contributed by atoms with van der Waals surface area (Å²) in [6.07, 6.45) is 0.936. The number of nitrogens with zero attached hydrogens (tertiary/aromatic N) is 2. The summed E-state index contributed by atoms with van der Waals surface area (Å²) in [4.78, 5) is 16.9. The van der Waals surface area contributed by atoms with Gasteiger partial charge in [-0.05, 0) is 43.3 Å². The lowest BCUT2D eigenvalue weighted by atomic mass is 9.81. The smallest absolute Gasteiger partial charge is 0.410 e. The average molecular weight is 372 g/mol. The van der Waals surface area contributed by atoms with Gasteiger partial charge in [-0.3, -0.25) is 10.2 Å². The maximum absolute atomic E-state index is 12.2. The minimum Gasteiger partial charge on any atom is -0.410 e. The summed E-state index contributed by atoms with van der Waals surface area (Å²) in [7, 11) is 4.26. The summed E-state index contributed by atoms with van der Waals surface area (Å²) < 4.78 is 5.48. The van der Waals surface area contributed by atoms with E-state index in [9.17, 15) is 4.79 Å². The van der Waals surface area contributed by atoms with Gasteiger partial charge in [-0.25, -0.2) is 4.79 Å². The number of anilines is 2. The number of hydrogen-bond acceptors (Lipinski definition) is 4. The van der Waals surface area contributed by atoms with Crippen molar-refractivity contribution in [2.24, 2.45) is 0 Å². The number of benzene rings is 2. The molecule has 2 atom stereocenters. The number of carbonyl (C=O) groups excluding carboxylic acids is 1. The molecule has 0 aromatic heterocycles. The summed E-state index contributed by atoms with van der Waals surface area (Å²) in [6.45, 7) is 3.40. The maximum atomic E-state index is 12.2. The number of ether oxygens (including phenoxy) is 1. The highest BCUT2D eigenvalue weighted by molar-refractivity contribution is 6.30. The van der Waals surface area contributed by atoms with Gasteiger partial charge in [0.1, 0.15) is 5.75 Å². The number of nitrogens with one attached hydrogen (secondary N) is 1. The fourth-order valence-corrected chi connectivity index (χ4v) is 4.63. The summed E-state index contributed by atoms with van der Waals surface area (Å²) in [5.41, 5.74) is 3.15. The monoisotopic (exact) mass is 371 g/mol. The molecule has 0 saturated carbocycles. The SMILES string of the molecule is CN1CCC2(C)c3ccc(OC(=O)Nc4cccc(Cl)c4)cc3N(C)C12. The number of halogens is 1. The molecule has 2 aromatic rings. The molecule has 4 rings (SSSR count). The number of carbonyl (C=O) groups is 1. The summed E-state index contributed by atoms with van der Waals surface area (Å²) >= 11 is 5.94. The van der Waals surface area contributed by atoms with Gasteiger partial charge in [0.2, 0.25) is 0 Å². The Bertz CT molecular complexity index is 872. The Morgan fingerprint density at radius 2 is 2.08 bits per heavy atom. The molecule has 1 N–H and O–H groups in total. The zero-order chi connectivity index (χ0) is 18.5. The van der Waals surface area contributed by atoms with Gasteiger partial charge < -0.3 is 9.64 Å². The van der Waals surface area contributed by atoms with E-state index in [4.69, 9.17) is 16.3 Å². The molecule has 1 amide bonds. The van der Waals surface area contributed by atoms with E-state index in [1.54, 1.807) is 24.3 Å². The van der Waals surface area contributed by atoms with Crippen LogP contribution in [0, 0.1) is 0 Å². The first kappa shape index (κ1) is 17.2. The normalized spacial score (nSPS) is 24.3. The molecule has 2 aliphatic rings. The van der Waals surface area contributed by atoms with Crippen molar-refractivity contribution in [3.05, 3.63) is 53.1 Å². The largest absolute Gasteiger partial charge is 0.417 e. The number of fused-ring (bicyclic) bond motifs is 3. The highest BCUT2D eigenvalue weighted by Crippen LogP contribution is 2.51. The molecule has 0 radical (unpaired) electrons. The molecule has 2 aliphatic heterocycles. The predicted molar refractivity (Wildman–Crippen MR) is 104 cm³/mol. The molecule has 2 aromatic carbocycles. The van der Waals surface area contributed by atoms with E-state index < -0.39 is 6.09 Å². The van der Waals surface area contributed by atoms with E-state index in [1.165, 1.54) is 5.56 Å². The molecule has 0 bridgehead atoms. The predicted octanol–water partition coefficient (Wildman–Crippen LogP) is 4.32. The van der Waals surface area contributed by atoms with Crippen molar-refractivity contribution >= 4 is 29.1 Å². The van der Waals surface area contributed by atoms with Crippen LogP contribution in [0.5, 0.6) is 5.75 Å². The second-order valence-electron chi connectivity index (χ2n) is 7.34. The first-order valence-electron chi connectivity index (χ1n) is 8.70.